The minimum absolute atomic E-state index is 0.0194. The van der Waals surface area contributed by atoms with Crippen molar-refractivity contribution in [3.05, 3.63) is 204 Å². The summed E-state index contributed by atoms with van der Waals surface area (Å²) in [6, 6.07) is 68.1. The van der Waals surface area contributed by atoms with Gasteiger partial charge in [0.1, 0.15) is 0 Å². The normalized spacial score (nSPS) is 16.3. The third-order valence-corrected chi connectivity index (χ3v) is 14.2. The molecule has 0 bridgehead atoms. The molecule has 2 spiro atoms. The van der Waals surface area contributed by atoms with Crippen molar-refractivity contribution in [2.75, 3.05) is 9.80 Å². The molecule has 4 aliphatic carbocycles. The van der Waals surface area contributed by atoms with Gasteiger partial charge >= 0.3 is 0 Å². The van der Waals surface area contributed by atoms with Crippen molar-refractivity contribution in [3.8, 4) is 22.3 Å². The van der Waals surface area contributed by atoms with Gasteiger partial charge in [-0.2, -0.15) is 0 Å². The van der Waals surface area contributed by atoms with Crippen LogP contribution >= 0.6 is 0 Å². The van der Waals surface area contributed by atoms with E-state index in [1.807, 2.05) is 0 Å². The maximum Gasteiger partial charge on any atom is 0.0465 e. The molecule has 0 radical (unpaired) electrons. The van der Waals surface area contributed by atoms with Gasteiger partial charge in [0.25, 0.3) is 0 Å². The first-order valence-electron chi connectivity index (χ1n) is 21.5. The van der Waals surface area contributed by atoms with E-state index >= 15 is 0 Å². The summed E-state index contributed by atoms with van der Waals surface area (Å²) in [6.45, 7) is 0. The lowest BCUT2D eigenvalue weighted by atomic mass is 9.67. The molecule has 12 rings (SSSR count). The Kier molecular flexibility index (Phi) is 7.61. The van der Waals surface area contributed by atoms with Crippen LogP contribution in [0.25, 0.3) is 33.0 Å². The van der Waals surface area contributed by atoms with E-state index in [-0.39, 0.29) is 10.8 Å². The first-order valence-corrected chi connectivity index (χ1v) is 21.5. The van der Waals surface area contributed by atoms with Gasteiger partial charge in [0.2, 0.25) is 0 Å². The lowest BCUT2D eigenvalue weighted by molar-refractivity contribution is 0.501. The second kappa shape index (κ2) is 13.1. The van der Waals surface area contributed by atoms with Gasteiger partial charge in [-0.15, -0.1) is 0 Å². The summed E-state index contributed by atoms with van der Waals surface area (Å²) in [5.41, 5.74) is 19.5. The van der Waals surface area contributed by atoms with Crippen LogP contribution in [0.2, 0.25) is 0 Å². The first kappa shape index (κ1) is 33.7. The van der Waals surface area contributed by atoms with Gasteiger partial charge in [-0.05, 0) is 154 Å². The average molecular weight is 747 g/mol. The monoisotopic (exact) mass is 746 g/mol. The van der Waals surface area contributed by atoms with E-state index in [4.69, 9.17) is 0 Å². The highest BCUT2D eigenvalue weighted by molar-refractivity contribution is 6.13. The third kappa shape index (κ3) is 4.78. The van der Waals surface area contributed by atoms with Crippen molar-refractivity contribution < 1.29 is 0 Å². The summed E-state index contributed by atoms with van der Waals surface area (Å²) < 4.78 is 0. The van der Waals surface area contributed by atoms with Crippen LogP contribution in [-0.4, -0.2) is 0 Å². The van der Waals surface area contributed by atoms with E-state index in [2.05, 4.69) is 192 Å². The van der Waals surface area contributed by atoms with Crippen LogP contribution < -0.4 is 9.80 Å². The number of hydrogen-bond acceptors (Lipinski definition) is 2. The van der Waals surface area contributed by atoms with Crippen LogP contribution in [-0.2, 0) is 10.8 Å². The Morgan fingerprint density at radius 1 is 0.310 bits per heavy atom. The molecule has 4 aliphatic rings. The van der Waals surface area contributed by atoms with E-state index < -0.39 is 0 Å². The molecule has 0 amide bonds. The number of para-hydroxylation sites is 4. The fourth-order valence-electron chi connectivity index (χ4n) is 12.0. The van der Waals surface area contributed by atoms with E-state index in [0.29, 0.717) is 0 Å². The molecule has 0 atom stereocenters. The smallest absolute Gasteiger partial charge is 0.0465 e. The number of rotatable bonds is 6. The molecule has 0 N–H and O–H groups in total. The maximum atomic E-state index is 2.60. The zero-order chi connectivity index (χ0) is 38.3. The zero-order valence-electron chi connectivity index (χ0n) is 32.9. The third-order valence-electron chi connectivity index (χ3n) is 14.2. The average Bonchev–Trinajstić information content (AvgIpc) is 4.09. The van der Waals surface area contributed by atoms with Gasteiger partial charge in [-0.3, -0.25) is 0 Å². The van der Waals surface area contributed by atoms with Crippen LogP contribution in [0.4, 0.5) is 34.1 Å². The lowest BCUT2D eigenvalue weighted by Gasteiger charge is -2.36. The molecular weight excluding hydrogens is 701 g/mol. The van der Waals surface area contributed by atoms with Crippen molar-refractivity contribution >= 4 is 44.9 Å². The van der Waals surface area contributed by atoms with E-state index in [0.717, 1.165) is 0 Å². The van der Waals surface area contributed by atoms with Crippen molar-refractivity contribution in [2.24, 2.45) is 0 Å². The molecule has 8 aromatic rings. The zero-order valence-corrected chi connectivity index (χ0v) is 32.9. The molecule has 280 valence electrons. The Labute approximate surface area is 342 Å². The fraction of sp³-hybridized carbons (Fsp3) is 0.179. The summed E-state index contributed by atoms with van der Waals surface area (Å²) in [7, 11) is 0. The SMILES string of the molecule is c1ccc(N(c2ccccc2)c2ccc3c(c2)C2(CCCC2)c2c4c(c5ccccc5c2-3)-c2ccc(N(c3ccccc3)c3ccccc3)cc2C42CCCC2)cc1. The highest BCUT2D eigenvalue weighted by Crippen LogP contribution is 2.68. The summed E-state index contributed by atoms with van der Waals surface area (Å²) >= 11 is 0. The molecule has 2 heteroatoms. The highest BCUT2D eigenvalue weighted by Gasteiger charge is 2.55. The van der Waals surface area contributed by atoms with Gasteiger partial charge in [-0.1, -0.05) is 135 Å². The van der Waals surface area contributed by atoms with Crippen LogP contribution in [0.15, 0.2) is 182 Å². The molecular formula is C56H46N2. The first-order chi connectivity index (χ1) is 28.8. The van der Waals surface area contributed by atoms with Gasteiger partial charge < -0.3 is 9.80 Å². The summed E-state index contributed by atoms with van der Waals surface area (Å²) in [6.07, 6.45) is 9.85. The van der Waals surface area contributed by atoms with Gasteiger partial charge in [0.15, 0.2) is 0 Å². The summed E-state index contributed by atoms with van der Waals surface area (Å²) in [4.78, 5) is 4.91. The maximum absolute atomic E-state index is 2.60. The standard InChI is InChI=1S/C56H46N2/c1-5-19-39(20-6-1)57(40-21-7-2-8-22-40)43-29-31-47-49(37-43)55(33-15-16-34-55)53-51(47)45-27-13-14-28-46(45)52-48-32-30-44(38-50(48)56(54(52)53)35-17-18-36-56)58(41-23-9-3-10-24-41)42-25-11-4-12-26-42/h1-14,19-32,37-38H,15-18,33-36H2. The van der Waals surface area contributed by atoms with Crippen molar-refractivity contribution in [1.82, 2.24) is 0 Å². The minimum Gasteiger partial charge on any atom is -0.310 e. The predicted octanol–water partition coefficient (Wildman–Crippen LogP) is 15.5. The van der Waals surface area contributed by atoms with Crippen molar-refractivity contribution in [3.63, 3.8) is 0 Å². The Morgan fingerprint density at radius 2 is 0.621 bits per heavy atom. The lowest BCUT2D eigenvalue weighted by Crippen LogP contribution is -2.29. The Morgan fingerprint density at radius 3 is 0.948 bits per heavy atom. The quantitative estimate of drug-likeness (QED) is 0.167. The topological polar surface area (TPSA) is 6.48 Å². The molecule has 0 heterocycles. The second-order valence-corrected chi connectivity index (χ2v) is 17.1. The Balaban J connectivity index is 1.11. The number of benzene rings is 8. The van der Waals surface area contributed by atoms with Crippen LogP contribution in [0.5, 0.6) is 0 Å². The second-order valence-electron chi connectivity index (χ2n) is 17.1. The number of fused-ring (bicyclic) bond motifs is 14. The number of anilines is 6. The van der Waals surface area contributed by atoms with Crippen molar-refractivity contribution in [2.45, 2.75) is 62.2 Å². The highest BCUT2D eigenvalue weighted by atomic mass is 15.1. The van der Waals surface area contributed by atoms with Gasteiger partial charge in [0.05, 0.1) is 0 Å². The molecule has 2 saturated carbocycles. The Bertz CT molecular complexity index is 2560. The molecule has 2 fully saturated rings. The minimum atomic E-state index is -0.0194. The molecule has 0 saturated heterocycles. The van der Waals surface area contributed by atoms with Gasteiger partial charge in [0, 0.05) is 45.0 Å². The van der Waals surface area contributed by atoms with Gasteiger partial charge in [-0.25, -0.2) is 0 Å². The molecule has 2 nitrogen and oxygen atoms in total. The predicted molar refractivity (Wildman–Crippen MR) is 243 cm³/mol. The Hall–Kier alpha value is -6.38. The van der Waals surface area contributed by atoms with Crippen LogP contribution in [0.1, 0.15) is 73.6 Å². The van der Waals surface area contributed by atoms with Crippen LogP contribution in [0, 0.1) is 0 Å². The number of hydrogen-bond donors (Lipinski definition) is 0. The van der Waals surface area contributed by atoms with E-state index in [1.165, 1.54) is 130 Å². The molecule has 0 aromatic heterocycles. The summed E-state index contributed by atoms with van der Waals surface area (Å²) in [5, 5.41) is 2.83. The molecule has 58 heavy (non-hydrogen) atoms. The van der Waals surface area contributed by atoms with Crippen LogP contribution in [0.3, 0.4) is 0 Å². The fourth-order valence-corrected chi connectivity index (χ4v) is 12.0. The van der Waals surface area contributed by atoms with E-state index in [9.17, 15) is 0 Å². The number of nitrogens with zero attached hydrogens (tertiary/aromatic N) is 2. The molecule has 0 aliphatic heterocycles. The largest absolute Gasteiger partial charge is 0.310 e. The van der Waals surface area contributed by atoms with Crippen molar-refractivity contribution in [1.29, 1.82) is 0 Å². The van der Waals surface area contributed by atoms with E-state index in [1.54, 1.807) is 11.1 Å². The molecule has 8 aromatic carbocycles. The summed E-state index contributed by atoms with van der Waals surface area (Å²) in [5.74, 6) is 0. The molecule has 0 unspecified atom stereocenters.